The normalized spacial score (nSPS) is 11.1. The molecule has 10 heavy (non-hydrogen) atoms. The van der Waals surface area contributed by atoms with Gasteiger partial charge in [0.1, 0.15) is 11.7 Å². The molecule has 0 amide bonds. The van der Waals surface area contributed by atoms with Gasteiger partial charge in [-0.2, -0.15) is 5.26 Å². The van der Waals surface area contributed by atoms with Gasteiger partial charge >= 0.3 is 0 Å². The van der Waals surface area contributed by atoms with E-state index >= 15 is 0 Å². The van der Waals surface area contributed by atoms with Gasteiger partial charge in [-0.3, -0.25) is 4.79 Å². The molecule has 0 aliphatic carbocycles. The molecule has 0 rings (SSSR count). The van der Waals surface area contributed by atoms with E-state index in [1.807, 2.05) is 6.07 Å². The van der Waals surface area contributed by atoms with Crippen molar-refractivity contribution >= 4 is 5.78 Å². The van der Waals surface area contributed by atoms with E-state index in [0.29, 0.717) is 12.8 Å². The summed E-state index contributed by atoms with van der Waals surface area (Å²) in [7, 11) is 0. The Morgan fingerprint density at radius 2 is 2.40 bits per heavy atom. The highest BCUT2D eigenvalue weighted by atomic mass is 16.1. The minimum atomic E-state index is -0.504. The van der Waals surface area contributed by atoms with Gasteiger partial charge < -0.3 is 0 Å². The lowest BCUT2D eigenvalue weighted by Gasteiger charge is -1.98. The number of hydrogen-bond acceptors (Lipinski definition) is 2. The predicted molar refractivity (Wildman–Crippen MR) is 37.9 cm³/mol. The Labute approximate surface area is 60.8 Å². The second-order valence-corrected chi connectivity index (χ2v) is 2.04. The van der Waals surface area contributed by atoms with Crippen LogP contribution in [0.1, 0.15) is 19.8 Å². The fourth-order valence-electron chi connectivity index (χ4n) is 0.586. The van der Waals surface area contributed by atoms with Gasteiger partial charge in [0.15, 0.2) is 0 Å². The Morgan fingerprint density at radius 1 is 1.80 bits per heavy atom. The molecule has 1 atom stereocenters. The zero-order valence-corrected chi connectivity index (χ0v) is 5.92. The summed E-state index contributed by atoms with van der Waals surface area (Å²) in [4.78, 5) is 10.6. The first-order chi connectivity index (χ1) is 4.72. The first-order valence-corrected chi connectivity index (χ1v) is 3.06. The van der Waals surface area contributed by atoms with Crippen molar-refractivity contribution < 1.29 is 4.79 Å². The van der Waals surface area contributed by atoms with Crippen molar-refractivity contribution in [2.75, 3.05) is 0 Å². The van der Waals surface area contributed by atoms with E-state index in [1.54, 1.807) is 0 Å². The van der Waals surface area contributed by atoms with E-state index in [9.17, 15) is 4.79 Å². The second-order valence-electron chi connectivity index (χ2n) is 2.04. The fourth-order valence-corrected chi connectivity index (χ4v) is 0.586. The molecule has 2 nitrogen and oxygen atoms in total. The maximum Gasteiger partial charge on any atom is 0.146 e. The maximum absolute atomic E-state index is 10.6. The van der Waals surface area contributed by atoms with Crippen LogP contribution in [0, 0.1) is 29.6 Å². The maximum atomic E-state index is 10.6. The Bertz CT molecular complexity index is 194. The zero-order chi connectivity index (χ0) is 7.98. The van der Waals surface area contributed by atoms with Gasteiger partial charge in [-0.05, 0) is 13.3 Å². The van der Waals surface area contributed by atoms with Crippen LogP contribution in [0.3, 0.4) is 0 Å². The molecule has 0 fully saturated rings. The van der Waals surface area contributed by atoms with Crippen LogP contribution < -0.4 is 0 Å². The summed E-state index contributed by atoms with van der Waals surface area (Å²) in [6, 6.07) is 1.89. The van der Waals surface area contributed by atoms with Crippen LogP contribution in [0.5, 0.6) is 0 Å². The highest BCUT2D eigenvalue weighted by Gasteiger charge is 2.10. The molecule has 0 saturated carbocycles. The molecule has 2 heteroatoms. The number of terminal acetylenes is 1. The summed E-state index contributed by atoms with van der Waals surface area (Å²) >= 11 is 0. The lowest BCUT2D eigenvalue weighted by molar-refractivity contribution is -0.119. The molecule has 0 N–H and O–H groups in total. The van der Waals surface area contributed by atoms with Gasteiger partial charge in [0, 0.05) is 6.42 Å². The van der Waals surface area contributed by atoms with Crippen LogP contribution in [-0.2, 0) is 4.79 Å². The van der Waals surface area contributed by atoms with Gasteiger partial charge in [-0.15, -0.1) is 12.3 Å². The van der Waals surface area contributed by atoms with Crippen LogP contribution in [0.15, 0.2) is 0 Å². The SMILES string of the molecule is C#CCCC(C#N)C(C)=O. The number of nitriles is 1. The predicted octanol–water partition coefficient (Wildman–Crippen LogP) is 1.13. The molecule has 0 spiro atoms. The minimum Gasteiger partial charge on any atom is -0.299 e. The number of rotatable bonds is 3. The van der Waals surface area contributed by atoms with E-state index in [2.05, 4.69) is 5.92 Å². The van der Waals surface area contributed by atoms with E-state index in [-0.39, 0.29) is 5.78 Å². The molecule has 0 aromatic rings. The molecule has 0 aliphatic rings. The molecule has 0 aromatic carbocycles. The average molecular weight is 135 g/mol. The number of ketones is 1. The van der Waals surface area contributed by atoms with Crippen LogP contribution in [0.25, 0.3) is 0 Å². The molecule has 0 bridgehead atoms. The first-order valence-electron chi connectivity index (χ1n) is 3.06. The number of carbonyl (C=O) groups excluding carboxylic acids is 1. The smallest absolute Gasteiger partial charge is 0.146 e. The van der Waals surface area contributed by atoms with Crippen molar-refractivity contribution in [1.29, 1.82) is 5.26 Å². The van der Waals surface area contributed by atoms with Crippen LogP contribution in [0.4, 0.5) is 0 Å². The number of Topliss-reactive ketones (excluding diaryl/α,β-unsaturated/α-hetero) is 1. The molecule has 52 valence electrons. The van der Waals surface area contributed by atoms with Crippen molar-refractivity contribution in [1.82, 2.24) is 0 Å². The quantitative estimate of drug-likeness (QED) is 0.544. The lowest BCUT2D eigenvalue weighted by Crippen LogP contribution is -2.07. The van der Waals surface area contributed by atoms with Crippen LogP contribution in [0.2, 0.25) is 0 Å². The van der Waals surface area contributed by atoms with Crippen molar-refractivity contribution in [3.8, 4) is 18.4 Å². The molecule has 0 heterocycles. The summed E-state index contributed by atoms with van der Waals surface area (Å²) < 4.78 is 0. The molecular formula is C8H9NO. The molecule has 0 aromatic heterocycles. The Balaban J connectivity index is 3.78. The number of hydrogen-bond donors (Lipinski definition) is 0. The standard InChI is InChI=1S/C8H9NO/c1-3-4-5-8(6-9)7(2)10/h1,8H,4-5H2,2H3. The largest absolute Gasteiger partial charge is 0.299 e. The monoisotopic (exact) mass is 135 g/mol. The van der Waals surface area contributed by atoms with Gasteiger partial charge in [0.25, 0.3) is 0 Å². The molecule has 0 radical (unpaired) electrons. The van der Waals surface area contributed by atoms with Crippen LogP contribution in [-0.4, -0.2) is 5.78 Å². The third-order valence-electron chi connectivity index (χ3n) is 1.22. The summed E-state index contributed by atoms with van der Waals surface area (Å²) in [5.74, 6) is 1.78. The summed E-state index contributed by atoms with van der Waals surface area (Å²) in [6.07, 6.45) is 5.95. The molecule has 0 aliphatic heterocycles. The summed E-state index contributed by atoms with van der Waals surface area (Å²) in [6.45, 7) is 1.41. The topological polar surface area (TPSA) is 40.9 Å². The third kappa shape index (κ3) is 2.89. The van der Waals surface area contributed by atoms with E-state index in [0.717, 1.165) is 0 Å². The third-order valence-corrected chi connectivity index (χ3v) is 1.22. The summed E-state index contributed by atoms with van der Waals surface area (Å²) in [5, 5.41) is 8.38. The molecule has 1 unspecified atom stereocenters. The van der Waals surface area contributed by atoms with Crippen molar-refractivity contribution in [3.05, 3.63) is 0 Å². The first kappa shape index (κ1) is 8.72. The Hall–Kier alpha value is -1.28. The van der Waals surface area contributed by atoms with Gasteiger partial charge in [-0.25, -0.2) is 0 Å². The molecule has 0 saturated heterocycles. The molecular weight excluding hydrogens is 126 g/mol. The zero-order valence-electron chi connectivity index (χ0n) is 5.92. The van der Waals surface area contributed by atoms with E-state index < -0.39 is 5.92 Å². The second kappa shape index (κ2) is 4.58. The van der Waals surface area contributed by atoms with Crippen molar-refractivity contribution in [3.63, 3.8) is 0 Å². The van der Waals surface area contributed by atoms with Crippen molar-refractivity contribution in [2.45, 2.75) is 19.8 Å². The number of carbonyl (C=O) groups is 1. The Morgan fingerprint density at radius 3 is 2.70 bits per heavy atom. The Kier molecular flexibility index (Phi) is 4.00. The average Bonchev–Trinajstić information content (AvgIpc) is 1.89. The van der Waals surface area contributed by atoms with Gasteiger partial charge in [0.05, 0.1) is 6.07 Å². The minimum absolute atomic E-state index is 0.0993. The van der Waals surface area contributed by atoms with Gasteiger partial charge in [0.2, 0.25) is 0 Å². The van der Waals surface area contributed by atoms with Crippen molar-refractivity contribution in [2.24, 2.45) is 5.92 Å². The lowest BCUT2D eigenvalue weighted by atomic mass is 10.0. The van der Waals surface area contributed by atoms with Gasteiger partial charge in [-0.1, -0.05) is 0 Å². The number of nitrogens with zero attached hydrogens (tertiary/aromatic N) is 1. The highest BCUT2D eigenvalue weighted by Crippen LogP contribution is 2.04. The fraction of sp³-hybridized carbons (Fsp3) is 0.500. The van der Waals surface area contributed by atoms with E-state index in [4.69, 9.17) is 11.7 Å². The van der Waals surface area contributed by atoms with Crippen LogP contribution >= 0.6 is 0 Å². The van der Waals surface area contributed by atoms with E-state index in [1.165, 1.54) is 6.92 Å². The highest BCUT2D eigenvalue weighted by molar-refractivity contribution is 5.80. The summed E-state index contributed by atoms with van der Waals surface area (Å²) in [5.41, 5.74) is 0.